The van der Waals surface area contributed by atoms with Crippen molar-refractivity contribution in [1.29, 1.82) is 0 Å². The van der Waals surface area contributed by atoms with Gasteiger partial charge in [0.05, 0.1) is 11.8 Å². The Morgan fingerprint density at radius 1 is 1.32 bits per heavy atom. The maximum absolute atomic E-state index is 12.5. The molecule has 1 aromatic rings. The van der Waals surface area contributed by atoms with Crippen molar-refractivity contribution in [1.82, 2.24) is 10.2 Å². The molecular formula is C17H28N2O3. The van der Waals surface area contributed by atoms with E-state index in [2.05, 4.69) is 12.2 Å². The van der Waals surface area contributed by atoms with Crippen LogP contribution in [0.2, 0.25) is 0 Å². The molecule has 0 aromatic carbocycles. The second-order valence-corrected chi connectivity index (χ2v) is 5.57. The summed E-state index contributed by atoms with van der Waals surface area (Å²) in [6, 6.07) is 1.75. The van der Waals surface area contributed by atoms with Crippen LogP contribution in [0.4, 0.5) is 0 Å². The number of carbonyl (C=O) groups is 2. The number of carbonyl (C=O) groups excluding carboxylic acids is 2. The lowest BCUT2D eigenvalue weighted by Crippen LogP contribution is -2.40. The van der Waals surface area contributed by atoms with Gasteiger partial charge in [0, 0.05) is 25.6 Å². The molecule has 1 N–H and O–H groups in total. The van der Waals surface area contributed by atoms with Crippen molar-refractivity contribution in [2.45, 2.75) is 58.9 Å². The van der Waals surface area contributed by atoms with Gasteiger partial charge in [-0.15, -0.1) is 0 Å². The fourth-order valence-corrected chi connectivity index (χ4v) is 2.21. The van der Waals surface area contributed by atoms with Gasteiger partial charge in [0.2, 0.25) is 5.91 Å². The van der Waals surface area contributed by atoms with E-state index in [0.29, 0.717) is 25.1 Å². The van der Waals surface area contributed by atoms with Crippen LogP contribution in [0.15, 0.2) is 23.0 Å². The number of amides is 2. The monoisotopic (exact) mass is 308 g/mol. The molecule has 1 atom stereocenters. The molecule has 1 heterocycles. The Kier molecular flexibility index (Phi) is 8.33. The summed E-state index contributed by atoms with van der Waals surface area (Å²) in [6.07, 6.45) is 7.38. The zero-order valence-corrected chi connectivity index (χ0v) is 13.9. The van der Waals surface area contributed by atoms with E-state index < -0.39 is 0 Å². The van der Waals surface area contributed by atoms with E-state index in [1.807, 2.05) is 13.8 Å². The molecule has 0 aliphatic carbocycles. The average molecular weight is 308 g/mol. The number of rotatable bonds is 10. The summed E-state index contributed by atoms with van der Waals surface area (Å²) < 4.78 is 4.97. The molecule has 0 bridgehead atoms. The van der Waals surface area contributed by atoms with Crippen LogP contribution in [0.3, 0.4) is 0 Å². The molecular weight excluding hydrogens is 280 g/mol. The van der Waals surface area contributed by atoms with Gasteiger partial charge >= 0.3 is 0 Å². The predicted molar refractivity (Wildman–Crippen MR) is 86.6 cm³/mol. The van der Waals surface area contributed by atoms with Gasteiger partial charge in [0.15, 0.2) is 0 Å². The molecule has 0 saturated carbocycles. The minimum absolute atomic E-state index is 0.00407. The van der Waals surface area contributed by atoms with E-state index in [9.17, 15) is 9.59 Å². The van der Waals surface area contributed by atoms with Crippen LogP contribution < -0.4 is 5.32 Å². The Morgan fingerprint density at radius 3 is 2.68 bits per heavy atom. The van der Waals surface area contributed by atoms with Gasteiger partial charge in [0.25, 0.3) is 5.91 Å². The summed E-state index contributed by atoms with van der Waals surface area (Å²) in [5.74, 6) is -0.0775. The standard InChI is InChI=1S/C17H28N2O3/c1-4-6-7-10-18-16(20)8-11-19(14(3)5-2)17(21)15-9-12-22-13-15/h9,12-14H,4-8,10-11H2,1-3H3,(H,18,20). The third-order valence-corrected chi connectivity index (χ3v) is 3.83. The zero-order valence-electron chi connectivity index (χ0n) is 13.9. The second kappa shape index (κ2) is 10.0. The van der Waals surface area contributed by atoms with E-state index in [1.165, 1.54) is 12.5 Å². The van der Waals surface area contributed by atoms with E-state index in [1.54, 1.807) is 11.0 Å². The zero-order chi connectivity index (χ0) is 16.4. The highest BCUT2D eigenvalue weighted by atomic mass is 16.3. The third kappa shape index (κ3) is 5.92. The van der Waals surface area contributed by atoms with E-state index >= 15 is 0 Å². The number of nitrogens with one attached hydrogen (secondary N) is 1. The Balaban J connectivity index is 2.48. The summed E-state index contributed by atoms with van der Waals surface area (Å²) in [7, 11) is 0. The van der Waals surface area contributed by atoms with Crippen molar-refractivity contribution in [3.8, 4) is 0 Å². The Morgan fingerprint density at radius 2 is 2.09 bits per heavy atom. The van der Waals surface area contributed by atoms with Crippen molar-refractivity contribution in [2.24, 2.45) is 0 Å². The first-order chi connectivity index (χ1) is 10.6. The van der Waals surface area contributed by atoms with Crippen molar-refractivity contribution in [3.05, 3.63) is 24.2 Å². The summed E-state index contributed by atoms with van der Waals surface area (Å²) in [4.78, 5) is 26.1. The predicted octanol–water partition coefficient (Wildman–Crippen LogP) is 3.22. The minimum atomic E-state index is -0.0816. The summed E-state index contributed by atoms with van der Waals surface area (Å²) in [5, 5.41) is 2.91. The number of nitrogens with zero attached hydrogens (tertiary/aromatic N) is 1. The van der Waals surface area contributed by atoms with Crippen LogP contribution in [0.25, 0.3) is 0 Å². The van der Waals surface area contributed by atoms with E-state index in [-0.39, 0.29) is 17.9 Å². The molecule has 0 aliphatic rings. The van der Waals surface area contributed by atoms with Gasteiger partial charge in [-0.25, -0.2) is 0 Å². The van der Waals surface area contributed by atoms with Gasteiger partial charge in [-0.1, -0.05) is 26.7 Å². The van der Waals surface area contributed by atoms with Crippen LogP contribution in [0, 0.1) is 0 Å². The fourth-order valence-electron chi connectivity index (χ4n) is 2.21. The van der Waals surface area contributed by atoms with Crippen LogP contribution in [0.5, 0.6) is 0 Å². The van der Waals surface area contributed by atoms with E-state index in [0.717, 1.165) is 25.7 Å². The van der Waals surface area contributed by atoms with Crippen molar-refractivity contribution in [3.63, 3.8) is 0 Å². The van der Waals surface area contributed by atoms with Gasteiger partial charge in [0.1, 0.15) is 6.26 Å². The molecule has 0 saturated heterocycles. The number of furan rings is 1. The van der Waals surface area contributed by atoms with Crippen molar-refractivity contribution in [2.75, 3.05) is 13.1 Å². The van der Waals surface area contributed by atoms with Crippen LogP contribution >= 0.6 is 0 Å². The first-order valence-corrected chi connectivity index (χ1v) is 8.20. The highest BCUT2D eigenvalue weighted by Gasteiger charge is 2.21. The number of hydrogen-bond donors (Lipinski definition) is 1. The molecule has 124 valence electrons. The van der Waals surface area contributed by atoms with Crippen LogP contribution in [0.1, 0.15) is 63.2 Å². The molecule has 5 heteroatoms. The number of unbranched alkanes of at least 4 members (excludes halogenated alkanes) is 2. The summed E-state index contributed by atoms with van der Waals surface area (Å²) in [6.45, 7) is 7.31. The lowest BCUT2D eigenvalue weighted by Gasteiger charge is -2.28. The third-order valence-electron chi connectivity index (χ3n) is 3.83. The maximum atomic E-state index is 12.5. The molecule has 0 radical (unpaired) electrons. The lowest BCUT2D eigenvalue weighted by atomic mass is 10.1. The molecule has 0 aliphatic heterocycles. The first kappa shape index (κ1) is 18.3. The summed E-state index contributed by atoms with van der Waals surface area (Å²) >= 11 is 0. The van der Waals surface area contributed by atoms with Crippen molar-refractivity contribution < 1.29 is 14.0 Å². The normalized spacial score (nSPS) is 12.0. The molecule has 22 heavy (non-hydrogen) atoms. The topological polar surface area (TPSA) is 62.6 Å². The van der Waals surface area contributed by atoms with Crippen LogP contribution in [-0.4, -0.2) is 35.8 Å². The molecule has 5 nitrogen and oxygen atoms in total. The molecule has 0 spiro atoms. The van der Waals surface area contributed by atoms with Gasteiger partial charge < -0.3 is 14.6 Å². The van der Waals surface area contributed by atoms with Gasteiger partial charge in [-0.3, -0.25) is 9.59 Å². The lowest BCUT2D eigenvalue weighted by molar-refractivity contribution is -0.121. The smallest absolute Gasteiger partial charge is 0.257 e. The Labute approximate surface area is 133 Å². The maximum Gasteiger partial charge on any atom is 0.257 e. The highest BCUT2D eigenvalue weighted by Crippen LogP contribution is 2.12. The highest BCUT2D eigenvalue weighted by molar-refractivity contribution is 5.94. The SMILES string of the molecule is CCCCCNC(=O)CCN(C(=O)c1ccoc1)C(C)CC. The molecule has 1 rings (SSSR count). The quantitative estimate of drug-likeness (QED) is 0.675. The fraction of sp³-hybridized carbons (Fsp3) is 0.647. The minimum Gasteiger partial charge on any atom is -0.472 e. The molecule has 2 amide bonds. The van der Waals surface area contributed by atoms with Gasteiger partial charge in [-0.2, -0.15) is 0 Å². The average Bonchev–Trinajstić information content (AvgIpc) is 3.05. The Bertz CT molecular complexity index is 443. The van der Waals surface area contributed by atoms with Gasteiger partial charge in [-0.05, 0) is 25.8 Å². The number of hydrogen-bond acceptors (Lipinski definition) is 3. The summed E-state index contributed by atoms with van der Waals surface area (Å²) in [5.41, 5.74) is 0.531. The Hall–Kier alpha value is -1.78. The first-order valence-electron chi connectivity index (χ1n) is 8.20. The second-order valence-electron chi connectivity index (χ2n) is 5.57. The van der Waals surface area contributed by atoms with Crippen molar-refractivity contribution >= 4 is 11.8 Å². The van der Waals surface area contributed by atoms with Crippen LogP contribution in [-0.2, 0) is 4.79 Å². The van der Waals surface area contributed by atoms with E-state index in [4.69, 9.17) is 4.42 Å². The molecule has 1 unspecified atom stereocenters. The molecule has 1 aromatic heterocycles. The molecule has 0 fully saturated rings. The largest absolute Gasteiger partial charge is 0.472 e.